The Balaban J connectivity index is 1.55. The van der Waals surface area contributed by atoms with E-state index in [2.05, 4.69) is 15.5 Å². The van der Waals surface area contributed by atoms with E-state index < -0.39 is 6.10 Å². The van der Waals surface area contributed by atoms with Gasteiger partial charge in [-0.1, -0.05) is 23.4 Å². The first-order chi connectivity index (χ1) is 14.9. The molecule has 0 aliphatic carbocycles. The van der Waals surface area contributed by atoms with E-state index in [1.54, 1.807) is 18.3 Å². The first-order valence-corrected chi connectivity index (χ1v) is 11.0. The number of ether oxygens (including phenoxy) is 1. The Bertz CT molecular complexity index is 1010. The molecule has 1 unspecified atom stereocenters. The number of thioether (sulfide) groups is 1. The number of carbonyl (C=O) groups is 1. The lowest BCUT2D eigenvalue weighted by molar-refractivity contribution is 0.0838. The maximum atomic E-state index is 12.7. The lowest BCUT2D eigenvalue weighted by Crippen LogP contribution is -2.35. The summed E-state index contributed by atoms with van der Waals surface area (Å²) in [6.07, 6.45) is 0.817. The number of para-hydroxylation sites is 1. The summed E-state index contributed by atoms with van der Waals surface area (Å²) >= 11 is 1.45. The van der Waals surface area contributed by atoms with Gasteiger partial charge in [0.25, 0.3) is 5.91 Å². The molecule has 0 saturated carbocycles. The SMILES string of the molecule is Cc1cccc(C)c1OCC(O)CNC(=O)c1cccnc1SCc1c(C)noc1C. The van der Waals surface area contributed by atoms with E-state index in [4.69, 9.17) is 9.26 Å². The molecule has 1 atom stereocenters. The second-order valence-corrected chi connectivity index (χ2v) is 8.31. The zero-order valence-electron chi connectivity index (χ0n) is 18.1. The lowest BCUT2D eigenvalue weighted by Gasteiger charge is -2.16. The fourth-order valence-electron chi connectivity index (χ4n) is 3.10. The quantitative estimate of drug-likeness (QED) is 0.488. The van der Waals surface area contributed by atoms with Crippen LogP contribution in [0.4, 0.5) is 0 Å². The molecule has 3 aromatic rings. The van der Waals surface area contributed by atoms with Crippen LogP contribution in [0.1, 0.15) is 38.5 Å². The molecule has 0 bridgehead atoms. The summed E-state index contributed by atoms with van der Waals surface area (Å²) in [6, 6.07) is 9.32. The Kier molecular flexibility index (Phi) is 7.70. The van der Waals surface area contributed by atoms with Crippen LogP contribution in [0.2, 0.25) is 0 Å². The van der Waals surface area contributed by atoms with Gasteiger partial charge in [-0.15, -0.1) is 11.8 Å². The highest BCUT2D eigenvalue weighted by molar-refractivity contribution is 7.98. The van der Waals surface area contributed by atoms with Crippen molar-refractivity contribution in [3.05, 3.63) is 70.2 Å². The van der Waals surface area contributed by atoms with Gasteiger partial charge in [0, 0.05) is 24.1 Å². The Morgan fingerprint density at radius 3 is 2.61 bits per heavy atom. The van der Waals surface area contributed by atoms with Gasteiger partial charge in [-0.2, -0.15) is 0 Å². The fourth-order valence-corrected chi connectivity index (χ4v) is 4.24. The molecule has 0 saturated heterocycles. The van der Waals surface area contributed by atoms with Gasteiger partial charge in [0.1, 0.15) is 29.2 Å². The van der Waals surface area contributed by atoms with Crippen molar-refractivity contribution in [1.29, 1.82) is 0 Å². The van der Waals surface area contributed by atoms with Gasteiger partial charge in [0.05, 0.1) is 11.3 Å². The van der Waals surface area contributed by atoms with Crippen LogP contribution >= 0.6 is 11.8 Å². The van der Waals surface area contributed by atoms with E-state index in [1.165, 1.54) is 11.8 Å². The average molecular weight is 442 g/mol. The van der Waals surface area contributed by atoms with Crippen molar-refractivity contribution in [3.63, 3.8) is 0 Å². The molecule has 164 valence electrons. The predicted molar refractivity (Wildman–Crippen MR) is 120 cm³/mol. The van der Waals surface area contributed by atoms with Crippen molar-refractivity contribution in [2.75, 3.05) is 13.2 Å². The Labute approximate surface area is 186 Å². The van der Waals surface area contributed by atoms with Crippen LogP contribution in [0, 0.1) is 27.7 Å². The summed E-state index contributed by atoms with van der Waals surface area (Å²) in [5.41, 5.74) is 4.31. The summed E-state index contributed by atoms with van der Waals surface area (Å²) in [6.45, 7) is 7.84. The highest BCUT2D eigenvalue weighted by atomic mass is 32.2. The normalized spacial score (nSPS) is 11.9. The van der Waals surface area contributed by atoms with Crippen molar-refractivity contribution >= 4 is 17.7 Å². The van der Waals surface area contributed by atoms with Gasteiger partial charge in [0.2, 0.25) is 0 Å². The number of carbonyl (C=O) groups excluding carboxylic acids is 1. The molecule has 0 spiro atoms. The second-order valence-electron chi connectivity index (χ2n) is 7.34. The van der Waals surface area contributed by atoms with Gasteiger partial charge in [0.15, 0.2) is 0 Å². The van der Waals surface area contributed by atoms with Crippen molar-refractivity contribution in [3.8, 4) is 5.75 Å². The number of nitrogens with one attached hydrogen (secondary N) is 1. The minimum atomic E-state index is -0.835. The molecule has 8 heteroatoms. The molecule has 3 rings (SSSR count). The zero-order chi connectivity index (χ0) is 22.4. The van der Waals surface area contributed by atoms with E-state index in [0.29, 0.717) is 16.3 Å². The molecule has 0 aliphatic rings. The summed E-state index contributed by atoms with van der Waals surface area (Å²) in [4.78, 5) is 17.0. The number of benzene rings is 1. The number of aliphatic hydroxyl groups is 1. The highest BCUT2D eigenvalue weighted by Gasteiger charge is 2.17. The summed E-state index contributed by atoms with van der Waals surface area (Å²) in [5.74, 6) is 1.84. The van der Waals surface area contributed by atoms with Crippen molar-refractivity contribution in [2.24, 2.45) is 0 Å². The molecule has 0 aliphatic heterocycles. The van der Waals surface area contributed by atoms with Crippen molar-refractivity contribution in [2.45, 2.75) is 44.6 Å². The standard InChI is InChI=1S/C23H27N3O4S/c1-14-7-5-8-15(2)21(14)29-12-18(27)11-25-22(28)19-9-6-10-24-23(19)31-13-20-16(3)26-30-17(20)4/h5-10,18,27H,11-13H2,1-4H3,(H,25,28). The first kappa shape index (κ1) is 22.8. The largest absolute Gasteiger partial charge is 0.490 e. The van der Waals surface area contributed by atoms with E-state index in [-0.39, 0.29) is 19.1 Å². The summed E-state index contributed by atoms with van der Waals surface area (Å²) in [5, 5.41) is 17.6. The number of aliphatic hydroxyl groups excluding tert-OH is 1. The number of aromatic nitrogens is 2. The lowest BCUT2D eigenvalue weighted by atomic mass is 10.1. The van der Waals surface area contributed by atoms with Crippen LogP contribution in [0.3, 0.4) is 0 Å². The molecular weight excluding hydrogens is 414 g/mol. The summed E-state index contributed by atoms with van der Waals surface area (Å²) < 4.78 is 11.0. The molecule has 2 heterocycles. The number of amides is 1. The van der Waals surface area contributed by atoms with Crippen LogP contribution in [-0.4, -0.2) is 40.4 Å². The third kappa shape index (κ3) is 5.86. The number of hydrogen-bond acceptors (Lipinski definition) is 7. The van der Waals surface area contributed by atoms with Crippen LogP contribution in [0.15, 0.2) is 46.1 Å². The molecular formula is C23H27N3O4S. The maximum absolute atomic E-state index is 12.7. The molecule has 0 radical (unpaired) electrons. The van der Waals surface area contributed by atoms with E-state index in [9.17, 15) is 9.90 Å². The number of aryl methyl sites for hydroxylation is 4. The number of rotatable bonds is 9. The molecule has 2 aromatic heterocycles. The third-order valence-electron chi connectivity index (χ3n) is 4.88. The minimum Gasteiger partial charge on any atom is -0.490 e. The summed E-state index contributed by atoms with van der Waals surface area (Å²) in [7, 11) is 0. The van der Waals surface area contributed by atoms with Crippen molar-refractivity contribution < 1.29 is 19.2 Å². The number of pyridine rings is 1. The van der Waals surface area contributed by atoms with Crippen LogP contribution in [0.25, 0.3) is 0 Å². The van der Waals surface area contributed by atoms with Gasteiger partial charge in [-0.05, 0) is 51.0 Å². The van der Waals surface area contributed by atoms with Gasteiger partial charge in [-0.3, -0.25) is 4.79 Å². The molecule has 2 N–H and O–H groups in total. The highest BCUT2D eigenvalue weighted by Crippen LogP contribution is 2.27. The topological polar surface area (TPSA) is 97.5 Å². The van der Waals surface area contributed by atoms with Gasteiger partial charge in [-0.25, -0.2) is 4.98 Å². The maximum Gasteiger partial charge on any atom is 0.254 e. The molecule has 1 aromatic carbocycles. The monoisotopic (exact) mass is 441 g/mol. The third-order valence-corrected chi connectivity index (χ3v) is 5.91. The smallest absolute Gasteiger partial charge is 0.254 e. The van der Waals surface area contributed by atoms with Crippen LogP contribution in [-0.2, 0) is 5.75 Å². The average Bonchev–Trinajstić information content (AvgIpc) is 3.07. The minimum absolute atomic E-state index is 0.0760. The van der Waals surface area contributed by atoms with E-state index in [1.807, 2.05) is 45.9 Å². The first-order valence-electron chi connectivity index (χ1n) is 10.0. The van der Waals surface area contributed by atoms with Gasteiger partial charge >= 0.3 is 0 Å². The number of nitrogens with zero attached hydrogens (tertiary/aromatic N) is 2. The van der Waals surface area contributed by atoms with E-state index >= 15 is 0 Å². The molecule has 1 amide bonds. The Hall–Kier alpha value is -2.84. The Morgan fingerprint density at radius 2 is 1.94 bits per heavy atom. The molecule has 31 heavy (non-hydrogen) atoms. The zero-order valence-corrected chi connectivity index (χ0v) is 19.0. The van der Waals surface area contributed by atoms with Crippen LogP contribution in [0.5, 0.6) is 5.75 Å². The Morgan fingerprint density at radius 1 is 1.19 bits per heavy atom. The van der Waals surface area contributed by atoms with Crippen LogP contribution < -0.4 is 10.1 Å². The van der Waals surface area contributed by atoms with Crippen molar-refractivity contribution in [1.82, 2.24) is 15.5 Å². The molecule has 7 nitrogen and oxygen atoms in total. The second kappa shape index (κ2) is 10.5. The molecule has 0 fully saturated rings. The number of hydrogen-bond donors (Lipinski definition) is 2. The predicted octanol–water partition coefficient (Wildman–Crippen LogP) is 3.77. The van der Waals surface area contributed by atoms with E-state index in [0.717, 1.165) is 33.9 Å². The fraction of sp³-hybridized carbons (Fsp3) is 0.348. The van der Waals surface area contributed by atoms with Gasteiger partial charge < -0.3 is 19.7 Å².